The summed E-state index contributed by atoms with van der Waals surface area (Å²) in [5.74, 6) is 1.05. The van der Waals surface area contributed by atoms with Crippen molar-refractivity contribution in [2.24, 2.45) is 0 Å². The third kappa shape index (κ3) is 4.40. The number of rotatable bonds is 5. The monoisotopic (exact) mass is 312 g/mol. The van der Waals surface area contributed by atoms with Crippen LogP contribution in [0.25, 0.3) is 0 Å². The molecular weight excluding hydrogens is 292 g/mol. The topological polar surface area (TPSA) is 23.6 Å². The lowest BCUT2D eigenvalue weighted by Crippen LogP contribution is -2.48. The maximum Gasteiger partial charge on any atom is 0.223 e. The van der Waals surface area contributed by atoms with E-state index >= 15 is 0 Å². The van der Waals surface area contributed by atoms with Gasteiger partial charge in [-0.1, -0.05) is 30.7 Å². The van der Waals surface area contributed by atoms with Crippen molar-refractivity contribution >= 4 is 29.3 Å². The maximum absolute atomic E-state index is 12.1. The van der Waals surface area contributed by atoms with Gasteiger partial charge < -0.3 is 9.80 Å². The highest BCUT2D eigenvalue weighted by Crippen LogP contribution is 2.27. The van der Waals surface area contributed by atoms with E-state index in [4.69, 9.17) is 11.6 Å². The average molecular weight is 313 g/mol. The summed E-state index contributed by atoms with van der Waals surface area (Å²) in [6.45, 7) is 6.97. The molecule has 110 valence electrons. The Morgan fingerprint density at radius 3 is 2.60 bits per heavy atom. The maximum atomic E-state index is 12.1. The van der Waals surface area contributed by atoms with Crippen LogP contribution in [-0.2, 0) is 4.79 Å². The van der Waals surface area contributed by atoms with E-state index in [2.05, 4.69) is 11.8 Å². The Balaban J connectivity index is 1.72. The lowest BCUT2D eigenvalue weighted by molar-refractivity contribution is -0.132. The summed E-state index contributed by atoms with van der Waals surface area (Å²) in [5.41, 5.74) is 0. The number of benzene rings is 1. The van der Waals surface area contributed by atoms with Crippen LogP contribution in [0.5, 0.6) is 0 Å². The molecule has 1 heterocycles. The van der Waals surface area contributed by atoms with Crippen molar-refractivity contribution in [3.8, 4) is 0 Å². The van der Waals surface area contributed by atoms with Gasteiger partial charge in [-0.25, -0.2) is 0 Å². The molecule has 1 aromatic rings. The summed E-state index contributed by atoms with van der Waals surface area (Å²) < 4.78 is 0. The molecule has 0 aromatic heterocycles. The molecular formula is C15H21ClN2OS. The number of hydrogen-bond donors (Lipinski definition) is 0. The van der Waals surface area contributed by atoms with Crippen LogP contribution in [0, 0.1) is 0 Å². The zero-order valence-corrected chi connectivity index (χ0v) is 13.4. The van der Waals surface area contributed by atoms with E-state index in [1.807, 2.05) is 29.2 Å². The van der Waals surface area contributed by atoms with Crippen molar-refractivity contribution in [1.29, 1.82) is 0 Å². The molecule has 0 atom stereocenters. The van der Waals surface area contributed by atoms with Crippen molar-refractivity contribution < 1.29 is 4.79 Å². The van der Waals surface area contributed by atoms with E-state index in [0.717, 1.165) is 48.4 Å². The van der Waals surface area contributed by atoms with Gasteiger partial charge in [0.15, 0.2) is 0 Å². The molecule has 0 N–H and O–H groups in total. The first-order chi connectivity index (χ1) is 9.70. The first kappa shape index (κ1) is 15.7. The molecule has 1 aromatic carbocycles. The SMILES string of the molecule is CCN1CCN(C(=O)CCSc2ccccc2Cl)CC1. The van der Waals surface area contributed by atoms with Gasteiger partial charge in [0, 0.05) is 43.2 Å². The van der Waals surface area contributed by atoms with E-state index in [-0.39, 0.29) is 5.91 Å². The van der Waals surface area contributed by atoms with Gasteiger partial charge >= 0.3 is 0 Å². The predicted molar refractivity (Wildman–Crippen MR) is 85.5 cm³/mol. The molecule has 1 saturated heterocycles. The zero-order valence-electron chi connectivity index (χ0n) is 11.8. The number of thioether (sulfide) groups is 1. The molecule has 3 nitrogen and oxygen atoms in total. The van der Waals surface area contributed by atoms with Crippen molar-refractivity contribution in [3.05, 3.63) is 29.3 Å². The number of likely N-dealkylation sites (N-methyl/N-ethyl adjacent to an activating group) is 1. The van der Waals surface area contributed by atoms with Crippen LogP contribution in [0.2, 0.25) is 5.02 Å². The molecule has 1 fully saturated rings. The molecule has 1 aliphatic heterocycles. The van der Waals surface area contributed by atoms with E-state index in [9.17, 15) is 4.79 Å². The Hall–Kier alpha value is -0.710. The highest BCUT2D eigenvalue weighted by atomic mass is 35.5. The first-order valence-corrected chi connectivity index (χ1v) is 8.44. The summed E-state index contributed by atoms with van der Waals surface area (Å²) >= 11 is 7.75. The number of halogens is 1. The molecule has 1 aliphatic rings. The minimum Gasteiger partial charge on any atom is -0.340 e. The van der Waals surface area contributed by atoms with Gasteiger partial charge in [-0.05, 0) is 18.7 Å². The van der Waals surface area contributed by atoms with Gasteiger partial charge in [0.05, 0.1) is 5.02 Å². The second kappa shape index (κ2) is 7.91. The van der Waals surface area contributed by atoms with Crippen molar-refractivity contribution in [1.82, 2.24) is 9.80 Å². The predicted octanol–water partition coefficient (Wildman–Crippen LogP) is 2.99. The van der Waals surface area contributed by atoms with E-state index in [1.165, 1.54) is 0 Å². The zero-order chi connectivity index (χ0) is 14.4. The third-order valence-electron chi connectivity index (χ3n) is 3.58. The lowest BCUT2D eigenvalue weighted by atomic mass is 10.3. The van der Waals surface area contributed by atoms with Crippen molar-refractivity contribution in [2.75, 3.05) is 38.5 Å². The molecule has 5 heteroatoms. The number of amides is 1. The fraction of sp³-hybridized carbons (Fsp3) is 0.533. The number of carbonyl (C=O) groups is 1. The minimum absolute atomic E-state index is 0.264. The third-order valence-corrected chi connectivity index (χ3v) is 5.10. The van der Waals surface area contributed by atoms with Gasteiger partial charge in [0.2, 0.25) is 5.91 Å². The summed E-state index contributed by atoms with van der Waals surface area (Å²) in [4.78, 5) is 17.5. The van der Waals surface area contributed by atoms with Crippen LogP contribution in [-0.4, -0.2) is 54.2 Å². The molecule has 20 heavy (non-hydrogen) atoms. The van der Waals surface area contributed by atoms with Gasteiger partial charge in [-0.3, -0.25) is 4.79 Å². The Labute approximate surface area is 130 Å². The second-order valence-corrected chi connectivity index (χ2v) is 6.39. The van der Waals surface area contributed by atoms with Gasteiger partial charge in [0.1, 0.15) is 0 Å². The Kier molecular flexibility index (Phi) is 6.20. The highest BCUT2D eigenvalue weighted by Gasteiger charge is 2.19. The molecule has 2 rings (SSSR count). The van der Waals surface area contributed by atoms with E-state index < -0.39 is 0 Å². The molecule has 1 amide bonds. The largest absolute Gasteiger partial charge is 0.340 e. The van der Waals surface area contributed by atoms with Gasteiger partial charge in [-0.2, -0.15) is 0 Å². The van der Waals surface area contributed by atoms with Crippen molar-refractivity contribution in [3.63, 3.8) is 0 Å². The summed E-state index contributed by atoms with van der Waals surface area (Å²) in [6.07, 6.45) is 0.585. The van der Waals surface area contributed by atoms with Crippen LogP contribution in [0.15, 0.2) is 29.2 Å². The summed E-state index contributed by atoms with van der Waals surface area (Å²) in [5, 5.41) is 0.765. The fourth-order valence-corrected chi connectivity index (χ4v) is 3.46. The standard InChI is InChI=1S/C15H21ClN2OS/c1-2-17-8-10-18(11-9-17)15(19)7-12-20-14-6-4-3-5-13(14)16/h3-6H,2,7-12H2,1H3. The Morgan fingerprint density at radius 1 is 1.25 bits per heavy atom. The molecule has 0 radical (unpaired) electrons. The summed E-state index contributed by atoms with van der Waals surface area (Å²) in [6, 6.07) is 7.78. The molecule has 0 spiro atoms. The smallest absolute Gasteiger partial charge is 0.223 e. The van der Waals surface area contributed by atoms with Gasteiger partial charge in [0.25, 0.3) is 0 Å². The van der Waals surface area contributed by atoms with Gasteiger partial charge in [-0.15, -0.1) is 11.8 Å². The fourth-order valence-electron chi connectivity index (χ4n) is 2.28. The molecule has 0 saturated carbocycles. The number of hydrogen-bond acceptors (Lipinski definition) is 3. The van der Waals surface area contributed by atoms with Crippen LogP contribution < -0.4 is 0 Å². The van der Waals surface area contributed by atoms with Crippen LogP contribution in [0.4, 0.5) is 0 Å². The van der Waals surface area contributed by atoms with Crippen LogP contribution in [0.1, 0.15) is 13.3 Å². The summed E-state index contributed by atoms with van der Waals surface area (Å²) in [7, 11) is 0. The normalized spacial score (nSPS) is 16.4. The number of piperazine rings is 1. The second-order valence-electron chi connectivity index (χ2n) is 4.84. The molecule has 0 unspecified atom stereocenters. The molecule has 0 bridgehead atoms. The number of nitrogens with zero attached hydrogens (tertiary/aromatic N) is 2. The first-order valence-electron chi connectivity index (χ1n) is 7.08. The Morgan fingerprint density at radius 2 is 1.95 bits per heavy atom. The Bertz CT molecular complexity index is 447. The number of carbonyl (C=O) groups excluding carboxylic acids is 1. The van der Waals surface area contributed by atoms with E-state index in [1.54, 1.807) is 11.8 Å². The average Bonchev–Trinajstić information content (AvgIpc) is 2.49. The lowest BCUT2D eigenvalue weighted by Gasteiger charge is -2.34. The quantitative estimate of drug-likeness (QED) is 0.781. The van der Waals surface area contributed by atoms with E-state index in [0.29, 0.717) is 6.42 Å². The minimum atomic E-state index is 0.264. The van der Waals surface area contributed by atoms with Crippen LogP contribution in [0.3, 0.4) is 0 Å². The van der Waals surface area contributed by atoms with Crippen molar-refractivity contribution in [2.45, 2.75) is 18.2 Å². The molecule has 0 aliphatic carbocycles. The van der Waals surface area contributed by atoms with Crippen LogP contribution >= 0.6 is 23.4 Å². The highest BCUT2D eigenvalue weighted by molar-refractivity contribution is 7.99.